The van der Waals surface area contributed by atoms with E-state index < -0.39 is 23.0 Å². The smallest absolute Gasteiger partial charge is 0.315 e. The Labute approximate surface area is 119 Å². The van der Waals surface area contributed by atoms with E-state index in [9.17, 15) is 19.5 Å². The summed E-state index contributed by atoms with van der Waals surface area (Å²) in [5, 5.41) is 16.9. The van der Waals surface area contributed by atoms with E-state index in [-0.39, 0.29) is 18.9 Å². The van der Waals surface area contributed by atoms with Gasteiger partial charge in [0.25, 0.3) is 0 Å². The third-order valence-corrected chi connectivity index (χ3v) is 3.53. The van der Waals surface area contributed by atoms with Crippen molar-refractivity contribution in [3.05, 3.63) is 0 Å². The van der Waals surface area contributed by atoms with E-state index in [1.807, 2.05) is 6.92 Å². The summed E-state index contributed by atoms with van der Waals surface area (Å²) in [6, 6.07) is -0.492. The zero-order valence-electron chi connectivity index (χ0n) is 12.8. The third-order valence-electron chi connectivity index (χ3n) is 3.53. The average Bonchev–Trinajstić information content (AvgIpc) is 2.27. The van der Waals surface area contributed by atoms with Crippen molar-refractivity contribution in [2.24, 2.45) is 5.41 Å². The predicted molar refractivity (Wildman–Crippen MR) is 75.3 cm³/mol. The van der Waals surface area contributed by atoms with Crippen LogP contribution in [0.5, 0.6) is 0 Å². The van der Waals surface area contributed by atoms with Crippen molar-refractivity contribution in [3.63, 3.8) is 0 Å². The predicted octanol–water partition coefficient (Wildman–Crippen LogP) is 0.701. The lowest BCUT2D eigenvalue weighted by molar-refractivity contribution is -0.150. The number of urea groups is 1. The van der Waals surface area contributed by atoms with Crippen molar-refractivity contribution >= 4 is 17.9 Å². The summed E-state index contributed by atoms with van der Waals surface area (Å²) in [6.45, 7) is 8.93. The number of rotatable bonds is 7. The van der Waals surface area contributed by atoms with E-state index in [0.29, 0.717) is 6.54 Å². The molecule has 7 heteroatoms. The second-order valence-electron chi connectivity index (χ2n) is 5.64. The summed E-state index contributed by atoms with van der Waals surface area (Å²) < 4.78 is 0. The molecule has 0 aromatic heterocycles. The molecule has 7 nitrogen and oxygen atoms in total. The summed E-state index contributed by atoms with van der Waals surface area (Å²) in [5.74, 6) is -1.14. The molecule has 3 amide bonds. The molecule has 0 aromatic carbocycles. The maximum Gasteiger partial charge on any atom is 0.315 e. The second-order valence-corrected chi connectivity index (χ2v) is 5.64. The van der Waals surface area contributed by atoms with E-state index >= 15 is 0 Å². The number of nitrogens with one attached hydrogen (secondary N) is 3. The molecular formula is C13H25N3O4. The highest BCUT2D eigenvalue weighted by Crippen LogP contribution is 2.30. The van der Waals surface area contributed by atoms with E-state index in [2.05, 4.69) is 16.0 Å². The number of amides is 3. The van der Waals surface area contributed by atoms with Crippen molar-refractivity contribution in [1.29, 1.82) is 0 Å². The first-order valence-corrected chi connectivity index (χ1v) is 6.60. The minimum Gasteiger partial charge on any atom is -0.481 e. The van der Waals surface area contributed by atoms with Crippen molar-refractivity contribution in [1.82, 2.24) is 16.0 Å². The Balaban J connectivity index is 4.33. The Morgan fingerprint density at radius 1 is 1.05 bits per heavy atom. The fourth-order valence-corrected chi connectivity index (χ4v) is 1.33. The zero-order chi connectivity index (χ0) is 16.0. The molecule has 0 fully saturated rings. The first kappa shape index (κ1) is 18.2. The molecule has 4 N–H and O–H groups in total. The minimum absolute atomic E-state index is 0.141. The molecule has 0 saturated carbocycles. The monoisotopic (exact) mass is 287 g/mol. The van der Waals surface area contributed by atoms with Crippen molar-refractivity contribution in [3.8, 4) is 0 Å². The highest BCUT2D eigenvalue weighted by Gasteiger charge is 2.44. The first-order valence-electron chi connectivity index (χ1n) is 6.60. The van der Waals surface area contributed by atoms with Crippen LogP contribution in [0, 0.1) is 5.41 Å². The van der Waals surface area contributed by atoms with E-state index in [1.54, 1.807) is 27.7 Å². The number of hydrogen-bond acceptors (Lipinski definition) is 3. The van der Waals surface area contributed by atoms with Gasteiger partial charge in [-0.05, 0) is 34.6 Å². The maximum absolute atomic E-state index is 11.7. The first-order chi connectivity index (χ1) is 9.04. The molecule has 0 aliphatic heterocycles. The lowest BCUT2D eigenvalue weighted by atomic mass is 9.74. The SMILES string of the molecule is CCNC(=O)CCNC(=O)NC(C)(C)C(C)(C)C(=O)O. The van der Waals surface area contributed by atoms with Gasteiger partial charge in [0.15, 0.2) is 0 Å². The topological polar surface area (TPSA) is 108 Å². The van der Waals surface area contributed by atoms with Crippen LogP contribution in [0.2, 0.25) is 0 Å². The molecule has 0 atom stereocenters. The lowest BCUT2D eigenvalue weighted by Crippen LogP contribution is -2.59. The van der Waals surface area contributed by atoms with Crippen LogP contribution in [0.15, 0.2) is 0 Å². The summed E-state index contributed by atoms with van der Waals surface area (Å²) in [5.41, 5.74) is -2.06. The Bertz CT molecular complexity index is 378. The van der Waals surface area contributed by atoms with Gasteiger partial charge < -0.3 is 21.1 Å². The second kappa shape index (κ2) is 7.12. The molecule has 0 rings (SSSR count). The summed E-state index contributed by atoms with van der Waals surface area (Å²) >= 11 is 0. The van der Waals surface area contributed by atoms with Gasteiger partial charge in [0.1, 0.15) is 0 Å². The highest BCUT2D eigenvalue weighted by atomic mass is 16.4. The summed E-state index contributed by atoms with van der Waals surface area (Å²) in [4.78, 5) is 34.1. The summed E-state index contributed by atoms with van der Waals surface area (Å²) in [7, 11) is 0. The largest absolute Gasteiger partial charge is 0.481 e. The summed E-state index contributed by atoms with van der Waals surface area (Å²) in [6.07, 6.45) is 0.185. The van der Waals surface area contributed by atoms with E-state index in [0.717, 1.165) is 0 Å². The maximum atomic E-state index is 11.7. The third kappa shape index (κ3) is 5.07. The van der Waals surface area contributed by atoms with Gasteiger partial charge in [-0.2, -0.15) is 0 Å². The van der Waals surface area contributed by atoms with E-state index in [4.69, 9.17) is 0 Å². The van der Waals surface area contributed by atoms with Crippen LogP contribution in [-0.4, -0.2) is 41.6 Å². The number of aliphatic carboxylic acids is 1. The Morgan fingerprint density at radius 3 is 2.05 bits per heavy atom. The van der Waals surface area contributed by atoms with Crippen molar-refractivity contribution in [2.75, 3.05) is 13.1 Å². The number of carbonyl (C=O) groups excluding carboxylic acids is 2. The van der Waals surface area contributed by atoms with Gasteiger partial charge in [-0.15, -0.1) is 0 Å². The van der Waals surface area contributed by atoms with Crippen LogP contribution < -0.4 is 16.0 Å². The molecule has 0 aromatic rings. The molecule has 0 bridgehead atoms. The quantitative estimate of drug-likeness (QED) is 0.553. The Morgan fingerprint density at radius 2 is 1.60 bits per heavy atom. The van der Waals surface area contributed by atoms with Crippen LogP contribution in [0.3, 0.4) is 0 Å². The standard InChI is InChI=1S/C13H25N3O4/c1-6-14-9(17)7-8-15-11(20)16-13(4,5)12(2,3)10(18)19/h6-8H2,1-5H3,(H,14,17)(H,18,19)(H2,15,16,20). The molecular weight excluding hydrogens is 262 g/mol. The van der Waals surface area contributed by atoms with Crippen molar-refractivity contribution < 1.29 is 19.5 Å². The van der Waals surface area contributed by atoms with Gasteiger partial charge in [0, 0.05) is 19.5 Å². The van der Waals surface area contributed by atoms with Crippen LogP contribution >= 0.6 is 0 Å². The lowest BCUT2D eigenvalue weighted by Gasteiger charge is -2.38. The minimum atomic E-state index is -1.12. The van der Waals surface area contributed by atoms with Gasteiger partial charge in [0.05, 0.1) is 11.0 Å². The number of hydrogen-bond donors (Lipinski definition) is 4. The zero-order valence-corrected chi connectivity index (χ0v) is 12.8. The number of carboxylic acid groups (broad SMARTS) is 1. The number of carboxylic acids is 1. The van der Waals surface area contributed by atoms with Crippen LogP contribution in [0.4, 0.5) is 4.79 Å². The molecule has 0 aliphatic rings. The molecule has 0 spiro atoms. The van der Waals surface area contributed by atoms with Crippen LogP contribution in [0.25, 0.3) is 0 Å². The molecule has 0 heterocycles. The molecule has 0 aliphatic carbocycles. The van der Waals surface area contributed by atoms with E-state index in [1.165, 1.54) is 0 Å². The van der Waals surface area contributed by atoms with Gasteiger partial charge >= 0.3 is 12.0 Å². The van der Waals surface area contributed by atoms with Crippen LogP contribution in [0.1, 0.15) is 41.0 Å². The van der Waals surface area contributed by atoms with Crippen molar-refractivity contribution in [2.45, 2.75) is 46.6 Å². The molecule has 0 saturated heterocycles. The number of carbonyl (C=O) groups is 3. The fraction of sp³-hybridized carbons (Fsp3) is 0.769. The molecule has 116 valence electrons. The normalized spacial score (nSPS) is 11.7. The van der Waals surface area contributed by atoms with Crippen LogP contribution in [-0.2, 0) is 9.59 Å². The molecule has 20 heavy (non-hydrogen) atoms. The van der Waals surface area contributed by atoms with Gasteiger partial charge in [-0.25, -0.2) is 4.79 Å². The fourth-order valence-electron chi connectivity index (χ4n) is 1.33. The van der Waals surface area contributed by atoms with Gasteiger partial charge in [-0.1, -0.05) is 0 Å². The average molecular weight is 287 g/mol. The Hall–Kier alpha value is -1.79. The highest BCUT2D eigenvalue weighted by molar-refractivity contribution is 5.80. The van der Waals surface area contributed by atoms with Gasteiger partial charge in [0.2, 0.25) is 5.91 Å². The molecule has 0 unspecified atom stereocenters. The molecule has 0 radical (unpaired) electrons. The van der Waals surface area contributed by atoms with Gasteiger partial charge in [-0.3, -0.25) is 9.59 Å². The Kier molecular flexibility index (Phi) is 6.48.